The molecule has 7 nitrogen and oxygen atoms in total. The van der Waals surface area contributed by atoms with Crippen LogP contribution in [0.3, 0.4) is 0 Å². The smallest absolute Gasteiger partial charge is 0.493 e. The second kappa shape index (κ2) is 9.43. The Kier molecular flexibility index (Phi) is 6.85. The molecule has 1 heterocycles. The quantitative estimate of drug-likeness (QED) is 0.582. The number of anilines is 1. The molecular formula is C23H23F3N2O5. The number of carbonyl (C=O) groups excluding carboxylic acids is 2. The number of halogens is 3. The van der Waals surface area contributed by atoms with Crippen LogP contribution in [0, 0.1) is 5.92 Å². The lowest BCUT2D eigenvalue weighted by Crippen LogP contribution is -2.35. The Balaban J connectivity index is 2.07. The lowest BCUT2D eigenvalue weighted by molar-refractivity contribution is -0.274. The minimum atomic E-state index is -4.87. The van der Waals surface area contributed by atoms with Crippen LogP contribution in [0.2, 0.25) is 0 Å². The first kappa shape index (κ1) is 24.0. The minimum absolute atomic E-state index is 0.00687. The Morgan fingerprint density at radius 3 is 2.27 bits per heavy atom. The molecule has 0 atom stereocenters. The van der Waals surface area contributed by atoms with Crippen molar-refractivity contribution < 1.29 is 37.0 Å². The standard InChI is InChI=1S/C23H23F3N2O5/c1-13(2)12-28-21(29)19(14-8-9-17(31-3)18(10-14)32-4)20(22(28)30)27-15-6-5-7-16(11-15)33-23(24,25)26/h5-11,13,27H,12H2,1-4H3. The maximum atomic E-state index is 13.2. The van der Waals surface area contributed by atoms with Gasteiger partial charge < -0.3 is 19.5 Å². The highest BCUT2D eigenvalue weighted by Gasteiger charge is 2.40. The maximum Gasteiger partial charge on any atom is 0.573 e. The topological polar surface area (TPSA) is 77.1 Å². The van der Waals surface area contributed by atoms with Crippen molar-refractivity contribution in [1.29, 1.82) is 0 Å². The Bertz CT molecular complexity index is 1100. The van der Waals surface area contributed by atoms with Gasteiger partial charge in [0.15, 0.2) is 11.5 Å². The van der Waals surface area contributed by atoms with E-state index in [9.17, 15) is 22.8 Å². The van der Waals surface area contributed by atoms with Crippen LogP contribution < -0.4 is 19.5 Å². The molecule has 0 aliphatic carbocycles. The summed E-state index contributed by atoms with van der Waals surface area (Å²) >= 11 is 0. The van der Waals surface area contributed by atoms with Crippen LogP contribution in [-0.2, 0) is 9.59 Å². The molecule has 10 heteroatoms. The van der Waals surface area contributed by atoms with Crippen molar-refractivity contribution in [3.63, 3.8) is 0 Å². The zero-order valence-electron chi connectivity index (χ0n) is 18.4. The molecule has 2 aromatic carbocycles. The molecule has 0 saturated carbocycles. The molecule has 1 aliphatic heterocycles. The highest BCUT2D eigenvalue weighted by Crippen LogP contribution is 2.36. The highest BCUT2D eigenvalue weighted by molar-refractivity contribution is 6.36. The van der Waals surface area contributed by atoms with Gasteiger partial charge in [0.1, 0.15) is 11.4 Å². The molecule has 33 heavy (non-hydrogen) atoms. The first-order chi connectivity index (χ1) is 15.5. The van der Waals surface area contributed by atoms with Crippen LogP contribution >= 0.6 is 0 Å². The van der Waals surface area contributed by atoms with Crippen LogP contribution in [0.1, 0.15) is 19.4 Å². The van der Waals surface area contributed by atoms with E-state index in [4.69, 9.17) is 9.47 Å². The van der Waals surface area contributed by atoms with Gasteiger partial charge in [-0.15, -0.1) is 13.2 Å². The summed E-state index contributed by atoms with van der Waals surface area (Å²) in [6.07, 6.45) is -4.87. The molecule has 2 aromatic rings. The maximum absolute atomic E-state index is 13.2. The normalized spacial score (nSPS) is 14.2. The molecule has 0 fully saturated rings. The number of alkyl halides is 3. The van der Waals surface area contributed by atoms with Crippen LogP contribution in [0.4, 0.5) is 18.9 Å². The van der Waals surface area contributed by atoms with Gasteiger partial charge in [-0.05, 0) is 35.7 Å². The van der Waals surface area contributed by atoms with Crippen molar-refractivity contribution in [2.45, 2.75) is 20.2 Å². The number of carbonyl (C=O) groups is 2. The first-order valence-corrected chi connectivity index (χ1v) is 9.99. The molecule has 2 amide bonds. The number of hydrogen-bond donors (Lipinski definition) is 1. The van der Waals surface area contributed by atoms with Crippen LogP contribution in [0.25, 0.3) is 5.57 Å². The summed E-state index contributed by atoms with van der Waals surface area (Å²) in [5, 5.41) is 2.81. The predicted octanol–water partition coefficient (Wildman–Crippen LogP) is 4.45. The summed E-state index contributed by atoms with van der Waals surface area (Å²) in [5.74, 6) is -0.773. The minimum Gasteiger partial charge on any atom is -0.493 e. The van der Waals surface area contributed by atoms with Gasteiger partial charge in [0.05, 0.1) is 19.8 Å². The van der Waals surface area contributed by atoms with E-state index in [1.165, 1.54) is 26.4 Å². The van der Waals surface area contributed by atoms with Crippen molar-refractivity contribution in [2.24, 2.45) is 5.92 Å². The van der Waals surface area contributed by atoms with E-state index in [2.05, 4.69) is 10.1 Å². The molecule has 0 aromatic heterocycles. The molecule has 3 rings (SSSR count). The predicted molar refractivity (Wildman–Crippen MR) is 115 cm³/mol. The summed E-state index contributed by atoms with van der Waals surface area (Å²) in [7, 11) is 2.91. The molecular weight excluding hydrogens is 441 g/mol. The number of ether oxygens (including phenoxy) is 3. The van der Waals surface area contributed by atoms with Gasteiger partial charge in [-0.25, -0.2) is 0 Å². The SMILES string of the molecule is COc1ccc(C2=C(Nc3cccc(OC(F)(F)F)c3)C(=O)N(CC(C)C)C2=O)cc1OC. The fourth-order valence-corrected chi connectivity index (χ4v) is 3.40. The van der Waals surface area contributed by atoms with Gasteiger partial charge in [0, 0.05) is 18.3 Å². The van der Waals surface area contributed by atoms with Crippen molar-refractivity contribution in [2.75, 3.05) is 26.1 Å². The summed E-state index contributed by atoms with van der Waals surface area (Å²) in [6.45, 7) is 3.90. The molecule has 0 radical (unpaired) electrons. The monoisotopic (exact) mass is 464 g/mol. The molecule has 0 saturated heterocycles. The highest BCUT2D eigenvalue weighted by atomic mass is 19.4. The van der Waals surface area contributed by atoms with Crippen LogP contribution in [0.5, 0.6) is 17.2 Å². The largest absolute Gasteiger partial charge is 0.573 e. The summed E-state index contributed by atoms with van der Waals surface area (Å²) < 4.78 is 52.3. The van der Waals surface area contributed by atoms with E-state index in [-0.39, 0.29) is 29.4 Å². The van der Waals surface area contributed by atoms with Crippen LogP contribution in [-0.4, -0.2) is 43.8 Å². The summed E-state index contributed by atoms with van der Waals surface area (Å²) in [6, 6.07) is 9.79. The van der Waals surface area contributed by atoms with Gasteiger partial charge in [-0.1, -0.05) is 26.0 Å². The number of imide groups is 1. The second-order valence-corrected chi connectivity index (χ2v) is 7.64. The molecule has 0 spiro atoms. The second-order valence-electron chi connectivity index (χ2n) is 7.64. The number of nitrogens with one attached hydrogen (secondary N) is 1. The number of nitrogens with zero attached hydrogens (tertiary/aromatic N) is 1. The summed E-state index contributed by atoms with van der Waals surface area (Å²) in [5.41, 5.74) is 0.556. The van der Waals surface area contributed by atoms with Crippen molar-refractivity contribution in [1.82, 2.24) is 4.90 Å². The van der Waals surface area contributed by atoms with Crippen LogP contribution in [0.15, 0.2) is 48.2 Å². The molecule has 176 valence electrons. The lowest BCUT2D eigenvalue weighted by Gasteiger charge is -2.17. The van der Waals surface area contributed by atoms with Gasteiger partial charge in [0.2, 0.25) is 0 Å². The van der Waals surface area contributed by atoms with Gasteiger partial charge in [-0.2, -0.15) is 0 Å². The number of hydrogen-bond acceptors (Lipinski definition) is 6. The molecule has 0 bridgehead atoms. The van der Waals surface area contributed by atoms with E-state index in [1.807, 2.05) is 13.8 Å². The van der Waals surface area contributed by atoms with E-state index < -0.39 is 23.9 Å². The lowest BCUT2D eigenvalue weighted by atomic mass is 10.0. The fourth-order valence-electron chi connectivity index (χ4n) is 3.40. The average molecular weight is 464 g/mol. The van der Waals surface area contributed by atoms with Crippen molar-refractivity contribution in [3.8, 4) is 17.2 Å². The molecule has 1 N–H and O–H groups in total. The number of benzene rings is 2. The first-order valence-electron chi connectivity index (χ1n) is 9.99. The van der Waals surface area contributed by atoms with Crippen molar-refractivity contribution >= 4 is 23.1 Å². The van der Waals surface area contributed by atoms with E-state index >= 15 is 0 Å². The Morgan fingerprint density at radius 1 is 0.970 bits per heavy atom. The average Bonchev–Trinajstić information content (AvgIpc) is 2.96. The third-order valence-electron chi connectivity index (χ3n) is 4.72. The van der Waals surface area contributed by atoms with E-state index in [0.717, 1.165) is 17.0 Å². The number of amides is 2. The summed E-state index contributed by atoms with van der Waals surface area (Å²) in [4.78, 5) is 27.5. The fraction of sp³-hybridized carbons (Fsp3) is 0.304. The zero-order valence-corrected chi connectivity index (χ0v) is 18.4. The van der Waals surface area contributed by atoms with E-state index in [1.54, 1.807) is 18.2 Å². The van der Waals surface area contributed by atoms with Gasteiger partial charge >= 0.3 is 6.36 Å². The number of methoxy groups -OCH3 is 2. The number of rotatable bonds is 8. The Morgan fingerprint density at radius 2 is 1.67 bits per heavy atom. The van der Waals surface area contributed by atoms with Crippen molar-refractivity contribution in [3.05, 3.63) is 53.7 Å². The zero-order chi connectivity index (χ0) is 24.3. The Hall–Kier alpha value is -3.69. The molecule has 0 unspecified atom stereocenters. The Labute approximate surface area is 188 Å². The third kappa shape index (κ3) is 5.39. The molecule has 1 aliphatic rings. The third-order valence-corrected chi connectivity index (χ3v) is 4.72. The van der Waals surface area contributed by atoms with Gasteiger partial charge in [-0.3, -0.25) is 14.5 Å². The van der Waals surface area contributed by atoms with Gasteiger partial charge in [0.25, 0.3) is 11.8 Å². The van der Waals surface area contributed by atoms with E-state index in [0.29, 0.717) is 17.1 Å².